The Morgan fingerprint density at radius 3 is 2.75 bits per heavy atom. The van der Waals surface area contributed by atoms with Crippen molar-refractivity contribution in [1.29, 1.82) is 0 Å². The Labute approximate surface area is 140 Å². The Balaban J connectivity index is 2.07. The molecule has 6 heteroatoms. The fourth-order valence-corrected chi connectivity index (χ4v) is 3.60. The molecule has 2 aromatic rings. The van der Waals surface area contributed by atoms with Gasteiger partial charge in [0.15, 0.2) is 5.76 Å². The number of benzene rings is 1. The number of amides is 2. The largest absolute Gasteiger partial charge is 0.450 e. The minimum Gasteiger partial charge on any atom is -0.450 e. The molecule has 0 radical (unpaired) electrons. The average molecular weight is 330 g/mol. The minimum absolute atomic E-state index is 0.0897. The number of para-hydroxylation sites is 1. The number of carbonyl (C=O) groups excluding carboxylic acids is 2. The molecule has 128 valence electrons. The van der Waals surface area contributed by atoms with Crippen LogP contribution in [0.3, 0.4) is 0 Å². The molecule has 6 nitrogen and oxygen atoms in total. The van der Waals surface area contributed by atoms with Crippen LogP contribution in [0, 0.1) is 13.8 Å². The van der Waals surface area contributed by atoms with Gasteiger partial charge in [-0.05, 0) is 32.3 Å². The summed E-state index contributed by atoms with van der Waals surface area (Å²) in [6, 6.07) is 5.80. The van der Waals surface area contributed by atoms with Crippen molar-refractivity contribution in [1.82, 2.24) is 4.90 Å². The highest BCUT2D eigenvalue weighted by Crippen LogP contribution is 2.34. The van der Waals surface area contributed by atoms with E-state index in [9.17, 15) is 9.59 Å². The van der Waals surface area contributed by atoms with Gasteiger partial charge in [0.05, 0.1) is 6.61 Å². The van der Waals surface area contributed by atoms with Crippen molar-refractivity contribution in [2.24, 2.45) is 5.73 Å². The molecule has 2 heterocycles. The first kappa shape index (κ1) is 16.5. The van der Waals surface area contributed by atoms with E-state index in [-0.39, 0.29) is 18.3 Å². The summed E-state index contributed by atoms with van der Waals surface area (Å²) < 4.78 is 11.1. The number of carbonyl (C=O) groups is 2. The first-order chi connectivity index (χ1) is 11.4. The number of fused-ring (bicyclic) bond motifs is 1. The summed E-state index contributed by atoms with van der Waals surface area (Å²) in [6.07, 6.45) is 1.20. The number of aryl methyl sites for hydroxylation is 2. The zero-order valence-electron chi connectivity index (χ0n) is 14.2. The maximum atomic E-state index is 13.1. The lowest BCUT2D eigenvalue weighted by molar-refractivity contribution is -0.130. The summed E-state index contributed by atoms with van der Waals surface area (Å²) in [5.41, 5.74) is 6.96. The van der Waals surface area contributed by atoms with Crippen LogP contribution in [-0.4, -0.2) is 42.5 Å². The van der Waals surface area contributed by atoms with Crippen molar-refractivity contribution in [2.75, 3.05) is 20.3 Å². The van der Waals surface area contributed by atoms with Crippen molar-refractivity contribution in [2.45, 2.75) is 32.2 Å². The second-order valence-electron chi connectivity index (χ2n) is 6.40. The first-order valence-electron chi connectivity index (χ1n) is 8.02. The van der Waals surface area contributed by atoms with Crippen LogP contribution in [0.15, 0.2) is 22.6 Å². The van der Waals surface area contributed by atoms with Crippen LogP contribution >= 0.6 is 0 Å². The summed E-state index contributed by atoms with van der Waals surface area (Å²) in [5.74, 6) is -0.584. The number of hydrogen-bond acceptors (Lipinski definition) is 4. The number of likely N-dealkylation sites (tertiary alicyclic amines) is 1. The lowest BCUT2D eigenvalue weighted by Gasteiger charge is -2.34. The quantitative estimate of drug-likeness (QED) is 0.931. The van der Waals surface area contributed by atoms with Gasteiger partial charge >= 0.3 is 0 Å². The van der Waals surface area contributed by atoms with Crippen LogP contribution in [0.4, 0.5) is 0 Å². The molecule has 1 aromatic carbocycles. The molecule has 3 rings (SSSR count). The topological polar surface area (TPSA) is 85.8 Å². The Morgan fingerprint density at radius 1 is 1.38 bits per heavy atom. The van der Waals surface area contributed by atoms with Gasteiger partial charge in [0.1, 0.15) is 11.1 Å². The van der Waals surface area contributed by atoms with Crippen molar-refractivity contribution in [3.05, 3.63) is 35.1 Å². The Hall–Kier alpha value is -2.34. The maximum Gasteiger partial charge on any atom is 0.290 e. The number of furan rings is 1. The van der Waals surface area contributed by atoms with E-state index in [0.717, 1.165) is 16.5 Å². The Bertz CT molecular complexity index is 811. The van der Waals surface area contributed by atoms with Gasteiger partial charge in [-0.1, -0.05) is 18.2 Å². The molecule has 0 saturated carbocycles. The number of methoxy groups -OCH3 is 1. The van der Waals surface area contributed by atoms with Gasteiger partial charge in [-0.25, -0.2) is 0 Å². The number of ether oxygens (including phenoxy) is 1. The van der Waals surface area contributed by atoms with Crippen molar-refractivity contribution in [3.8, 4) is 0 Å². The number of nitrogens with two attached hydrogens (primary N) is 1. The fraction of sp³-hybridized carbons (Fsp3) is 0.444. The highest BCUT2D eigenvalue weighted by atomic mass is 16.5. The minimum atomic E-state index is -1.10. The Kier molecular flexibility index (Phi) is 4.09. The zero-order valence-corrected chi connectivity index (χ0v) is 14.2. The van der Waals surface area contributed by atoms with Gasteiger partial charge in [-0.2, -0.15) is 0 Å². The SMILES string of the molecule is COCC1(C(N)=O)CCCN1C(=O)c1oc2c(C)cccc2c1C. The number of hydrogen-bond donors (Lipinski definition) is 1. The summed E-state index contributed by atoms with van der Waals surface area (Å²) >= 11 is 0. The predicted molar refractivity (Wildman–Crippen MR) is 89.8 cm³/mol. The lowest BCUT2D eigenvalue weighted by atomic mass is 9.96. The third kappa shape index (κ3) is 2.29. The van der Waals surface area contributed by atoms with E-state index in [1.807, 2.05) is 32.0 Å². The molecule has 1 aliphatic heterocycles. The van der Waals surface area contributed by atoms with Crippen LogP contribution in [-0.2, 0) is 9.53 Å². The molecule has 0 bridgehead atoms. The van der Waals surface area contributed by atoms with Gasteiger partial charge < -0.3 is 19.8 Å². The molecular weight excluding hydrogens is 308 g/mol. The summed E-state index contributed by atoms with van der Waals surface area (Å²) in [7, 11) is 1.50. The summed E-state index contributed by atoms with van der Waals surface area (Å²) in [5, 5.41) is 0.911. The van der Waals surface area contributed by atoms with E-state index in [1.165, 1.54) is 12.0 Å². The molecule has 0 aliphatic carbocycles. The molecule has 0 spiro atoms. The molecular formula is C18H22N2O4. The van der Waals surface area contributed by atoms with Crippen LogP contribution in [0.5, 0.6) is 0 Å². The molecule has 1 atom stereocenters. The van der Waals surface area contributed by atoms with E-state index < -0.39 is 11.4 Å². The molecule has 2 amide bonds. The monoisotopic (exact) mass is 330 g/mol. The lowest BCUT2D eigenvalue weighted by Crippen LogP contribution is -2.58. The number of nitrogens with zero attached hydrogens (tertiary/aromatic N) is 1. The second kappa shape index (κ2) is 5.94. The van der Waals surface area contributed by atoms with Crippen LogP contribution in [0.25, 0.3) is 11.0 Å². The summed E-state index contributed by atoms with van der Waals surface area (Å²) in [6.45, 7) is 4.35. The summed E-state index contributed by atoms with van der Waals surface area (Å²) in [4.78, 5) is 26.7. The standard InChI is InChI=1S/C18H22N2O4/c1-11-6-4-7-13-12(2)15(24-14(11)13)16(21)20-9-5-8-18(20,10-23-3)17(19)22/h4,6-7H,5,8-10H2,1-3H3,(H2,19,22). The molecule has 1 fully saturated rings. The smallest absolute Gasteiger partial charge is 0.290 e. The van der Waals surface area contributed by atoms with Crippen molar-refractivity contribution in [3.63, 3.8) is 0 Å². The molecule has 2 N–H and O–H groups in total. The highest BCUT2D eigenvalue weighted by Gasteiger charge is 2.49. The van der Waals surface area contributed by atoms with Crippen LogP contribution in [0.1, 0.15) is 34.5 Å². The maximum absolute atomic E-state index is 13.1. The van der Waals surface area contributed by atoms with Crippen LogP contribution in [0.2, 0.25) is 0 Å². The van der Waals surface area contributed by atoms with Gasteiger partial charge in [0.25, 0.3) is 5.91 Å². The van der Waals surface area contributed by atoms with Gasteiger partial charge in [-0.3, -0.25) is 9.59 Å². The molecule has 1 aliphatic rings. The van der Waals surface area contributed by atoms with E-state index >= 15 is 0 Å². The molecule has 1 aromatic heterocycles. The van der Waals surface area contributed by atoms with Gasteiger partial charge in [0, 0.05) is 24.6 Å². The first-order valence-corrected chi connectivity index (χ1v) is 8.02. The second-order valence-corrected chi connectivity index (χ2v) is 6.40. The molecule has 24 heavy (non-hydrogen) atoms. The fourth-order valence-electron chi connectivity index (χ4n) is 3.60. The zero-order chi connectivity index (χ0) is 17.5. The molecule has 1 saturated heterocycles. The van der Waals surface area contributed by atoms with Crippen molar-refractivity contribution >= 4 is 22.8 Å². The predicted octanol–water partition coefficient (Wildman–Crippen LogP) is 2.16. The van der Waals surface area contributed by atoms with E-state index in [0.29, 0.717) is 25.0 Å². The van der Waals surface area contributed by atoms with Crippen LogP contribution < -0.4 is 5.73 Å². The van der Waals surface area contributed by atoms with E-state index in [1.54, 1.807) is 0 Å². The van der Waals surface area contributed by atoms with Crippen molar-refractivity contribution < 1.29 is 18.7 Å². The number of rotatable bonds is 4. The third-order valence-electron chi connectivity index (χ3n) is 4.93. The average Bonchev–Trinajstić information content (AvgIpc) is 3.11. The highest BCUT2D eigenvalue weighted by molar-refractivity contribution is 6.02. The Morgan fingerprint density at radius 2 is 2.12 bits per heavy atom. The molecule has 1 unspecified atom stereocenters. The van der Waals surface area contributed by atoms with Gasteiger partial charge in [-0.15, -0.1) is 0 Å². The normalized spacial score (nSPS) is 20.7. The van der Waals surface area contributed by atoms with E-state index in [2.05, 4.69) is 0 Å². The van der Waals surface area contributed by atoms with Gasteiger partial charge in [0.2, 0.25) is 5.91 Å². The third-order valence-corrected chi connectivity index (χ3v) is 4.93. The number of primary amides is 1. The van der Waals surface area contributed by atoms with E-state index in [4.69, 9.17) is 14.9 Å².